The second kappa shape index (κ2) is 7.38. The first-order chi connectivity index (χ1) is 10.1. The van der Waals surface area contributed by atoms with Gasteiger partial charge in [0.15, 0.2) is 0 Å². The van der Waals surface area contributed by atoms with Crippen LogP contribution in [0.15, 0.2) is 12.4 Å². The average molecular weight is 294 g/mol. The molecule has 1 unspecified atom stereocenters. The number of hydrogen-bond acceptors (Lipinski definition) is 4. The monoisotopic (exact) mass is 294 g/mol. The van der Waals surface area contributed by atoms with Crippen molar-refractivity contribution in [2.75, 3.05) is 7.11 Å². The summed E-state index contributed by atoms with van der Waals surface area (Å²) in [6, 6.07) is 0.105. The summed E-state index contributed by atoms with van der Waals surface area (Å²) in [4.78, 5) is 4.51. The molecule has 1 heterocycles. The van der Waals surface area contributed by atoms with Gasteiger partial charge in [-0.1, -0.05) is 13.8 Å². The van der Waals surface area contributed by atoms with Gasteiger partial charge in [0.2, 0.25) is 0 Å². The lowest BCUT2D eigenvalue weighted by Gasteiger charge is -2.43. The lowest BCUT2D eigenvalue weighted by Crippen LogP contribution is -2.57. The Morgan fingerprint density at radius 2 is 2.24 bits per heavy atom. The molecule has 0 radical (unpaired) electrons. The number of nitrogens with two attached hydrogens (primary N) is 1. The molecule has 0 bridgehead atoms. The minimum atomic E-state index is -0.162. The Kier molecular flexibility index (Phi) is 5.79. The molecule has 0 saturated heterocycles. The maximum absolute atomic E-state index is 5.95. The number of aromatic nitrogens is 2. The first-order valence-electron chi connectivity index (χ1n) is 8.16. The van der Waals surface area contributed by atoms with Crippen LogP contribution >= 0.6 is 0 Å². The molecule has 1 atom stereocenters. The maximum Gasteiger partial charge on any atom is 0.110 e. The van der Waals surface area contributed by atoms with E-state index in [0.717, 1.165) is 44.0 Å². The van der Waals surface area contributed by atoms with Gasteiger partial charge >= 0.3 is 0 Å². The Hall–Kier alpha value is -0.910. The molecule has 0 amide bonds. The summed E-state index contributed by atoms with van der Waals surface area (Å²) in [6.07, 6.45) is 10.4. The van der Waals surface area contributed by atoms with E-state index >= 15 is 0 Å². The van der Waals surface area contributed by atoms with E-state index < -0.39 is 0 Å². The van der Waals surface area contributed by atoms with Crippen LogP contribution in [0.1, 0.15) is 51.8 Å². The van der Waals surface area contributed by atoms with Crippen LogP contribution in [0.3, 0.4) is 0 Å². The summed E-state index contributed by atoms with van der Waals surface area (Å²) in [5, 5.41) is 0. The third-order valence-corrected chi connectivity index (χ3v) is 5.02. The molecule has 120 valence electrons. The highest BCUT2D eigenvalue weighted by Gasteiger charge is 2.41. The van der Waals surface area contributed by atoms with Gasteiger partial charge in [-0.3, -0.25) is 11.3 Å². The van der Waals surface area contributed by atoms with Crippen molar-refractivity contribution in [1.29, 1.82) is 0 Å². The van der Waals surface area contributed by atoms with Crippen LogP contribution in [0.25, 0.3) is 0 Å². The van der Waals surface area contributed by atoms with Crippen molar-refractivity contribution in [3.05, 3.63) is 18.2 Å². The van der Waals surface area contributed by atoms with E-state index in [-0.39, 0.29) is 11.6 Å². The standard InChI is InChI=1S/C16H30N4O/c1-4-10-20-11-9-18-15(20)12-14(19-17)16(21-3)7-5-13(2)6-8-16/h9,11,13-14,19H,4-8,10,12,17H2,1-3H3. The van der Waals surface area contributed by atoms with Crippen LogP contribution in [0.4, 0.5) is 0 Å². The molecule has 1 aromatic rings. The third-order valence-electron chi connectivity index (χ3n) is 5.02. The highest BCUT2D eigenvalue weighted by molar-refractivity contribution is 5.03. The van der Waals surface area contributed by atoms with Crippen molar-refractivity contribution >= 4 is 0 Å². The fourth-order valence-corrected chi connectivity index (χ4v) is 3.50. The number of imidazole rings is 1. The largest absolute Gasteiger partial charge is 0.377 e. The lowest BCUT2D eigenvalue weighted by atomic mass is 9.74. The summed E-state index contributed by atoms with van der Waals surface area (Å²) in [5.41, 5.74) is 2.85. The van der Waals surface area contributed by atoms with Gasteiger partial charge < -0.3 is 9.30 Å². The summed E-state index contributed by atoms with van der Waals surface area (Å²) >= 11 is 0. The highest BCUT2D eigenvalue weighted by atomic mass is 16.5. The molecular weight excluding hydrogens is 264 g/mol. The second-order valence-electron chi connectivity index (χ2n) is 6.41. The number of nitrogens with zero attached hydrogens (tertiary/aromatic N) is 2. The van der Waals surface area contributed by atoms with Gasteiger partial charge in [-0.05, 0) is 38.0 Å². The quantitative estimate of drug-likeness (QED) is 0.598. The van der Waals surface area contributed by atoms with Gasteiger partial charge in [-0.15, -0.1) is 0 Å². The number of ether oxygens (including phenoxy) is 1. The highest BCUT2D eigenvalue weighted by Crippen LogP contribution is 2.37. The van der Waals surface area contributed by atoms with E-state index in [1.165, 1.54) is 12.8 Å². The van der Waals surface area contributed by atoms with E-state index in [2.05, 4.69) is 35.0 Å². The van der Waals surface area contributed by atoms with Crippen LogP contribution in [-0.2, 0) is 17.7 Å². The van der Waals surface area contributed by atoms with Gasteiger partial charge in [0.1, 0.15) is 5.82 Å². The Bertz CT molecular complexity index is 424. The van der Waals surface area contributed by atoms with Gasteiger partial charge in [0.05, 0.1) is 11.6 Å². The predicted octanol–water partition coefficient (Wildman–Crippen LogP) is 2.26. The molecule has 1 aliphatic carbocycles. The number of hydrogen-bond donors (Lipinski definition) is 2. The SMILES string of the molecule is CCCn1ccnc1CC(NN)C1(OC)CCC(C)CC1. The fourth-order valence-electron chi connectivity index (χ4n) is 3.50. The van der Waals surface area contributed by atoms with E-state index in [9.17, 15) is 0 Å². The number of nitrogens with one attached hydrogen (secondary N) is 1. The Labute approximate surface area is 128 Å². The van der Waals surface area contributed by atoms with Gasteiger partial charge in [-0.2, -0.15) is 0 Å². The zero-order valence-electron chi connectivity index (χ0n) is 13.6. The topological polar surface area (TPSA) is 65.1 Å². The van der Waals surface area contributed by atoms with E-state index in [1.807, 2.05) is 13.3 Å². The van der Waals surface area contributed by atoms with Crippen LogP contribution in [-0.4, -0.2) is 28.3 Å². The molecule has 0 spiro atoms. The molecule has 1 aromatic heterocycles. The molecule has 1 saturated carbocycles. The summed E-state index contributed by atoms with van der Waals surface area (Å²) in [5.74, 6) is 7.75. The molecule has 1 fully saturated rings. The van der Waals surface area contributed by atoms with Crippen molar-refractivity contribution in [3.63, 3.8) is 0 Å². The normalized spacial score (nSPS) is 27.7. The lowest BCUT2D eigenvalue weighted by molar-refractivity contribution is -0.0751. The molecule has 5 nitrogen and oxygen atoms in total. The van der Waals surface area contributed by atoms with Crippen molar-refractivity contribution in [2.24, 2.45) is 11.8 Å². The minimum absolute atomic E-state index is 0.105. The van der Waals surface area contributed by atoms with Crippen LogP contribution in [0, 0.1) is 5.92 Å². The minimum Gasteiger partial charge on any atom is -0.377 e. The smallest absolute Gasteiger partial charge is 0.110 e. The second-order valence-corrected chi connectivity index (χ2v) is 6.41. The van der Waals surface area contributed by atoms with Crippen molar-refractivity contribution in [2.45, 2.75) is 70.6 Å². The number of aryl methyl sites for hydroxylation is 1. The van der Waals surface area contributed by atoms with Gasteiger partial charge in [0, 0.05) is 32.5 Å². The van der Waals surface area contributed by atoms with E-state index in [4.69, 9.17) is 10.6 Å². The Balaban J connectivity index is 2.12. The zero-order chi connectivity index (χ0) is 15.3. The maximum atomic E-state index is 5.95. The van der Waals surface area contributed by atoms with Crippen LogP contribution < -0.4 is 11.3 Å². The predicted molar refractivity (Wildman–Crippen MR) is 84.7 cm³/mol. The average Bonchev–Trinajstić information content (AvgIpc) is 2.94. The molecule has 0 aliphatic heterocycles. The van der Waals surface area contributed by atoms with E-state index in [1.54, 1.807) is 0 Å². The Morgan fingerprint density at radius 3 is 2.81 bits per heavy atom. The molecule has 3 N–H and O–H groups in total. The van der Waals surface area contributed by atoms with Crippen molar-refractivity contribution in [3.8, 4) is 0 Å². The van der Waals surface area contributed by atoms with Gasteiger partial charge in [0.25, 0.3) is 0 Å². The van der Waals surface area contributed by atoms with Crippen molar-refractivity contribution < 1.29 is 4.74 Å². The summed E-state index contributed by atoms with van der Waals surface area (Å²) in [7, 11) is 1.82. The molecule has 1 aliphatic rings. The molecular formula is C16H30N4O. The molecule has 5 heteroatoms. The fraction of sp³-hybridized carbons (Fsp3) is 0.812. The van der Waals surface area contributed by atoms with Crippen LogP contribution in [0.2, 0.25) is 0 Å². The number of methoxy groups -OCH3 is 1. The molecule has 2 rings (SSSR count). The zero-order valence-corrected chi connectivity index (χ0v) is 13.6. The molecule has 21 heavy (non-hydrogen) atoms. The van der Waals surface area contributed by atoms with Gasteiger partial charge in [-0.25, -0.2) is 4.98 Å². The molecule has 0 aromatic carbocycles. The Morgan fingerprint density at radius 1 is 1.52 bits per heavy atom. The van der Waals surface area contributed by atoms with Crippen LogP contribution in [0.5, 0.6) is 0 Å². The number of hydrazine groups is 1. The number of rotatable bonds is 7. The first kappa shape index (κ1) is 16.5. The van der Waals surface area contributed by atoms with E-state index in [0.29, 0.717) is 0 Å². The first-order valence-corrected chi connectivity index (χ1v) is 8.16. The third kappa shape index (κ3) is 3.65. The summed E-state index contributed by atoms with van der Waals surface area (Å²) < 4.78 is 8.17. The van der Waals surface area contributed by atoms with Crippen molar-refractivity contribution in [1.82, 2.24) is 15.0 Å². The summed E-state index contributed by atoms with van der Waals surface area (Å²) in [6.45, 7) is 5.50.